The van der Waals surface area contributed by atoms with Gasteiger partial charge in [-0.25, -0.2) is 0 Å². The molecule has 1 N–H and O–H groups in total. The summed E-state index contributed by atoms with van der Waals surface area (Å²) in [5.41, 5.74) is 5.26. The number of aryl methyl sites for hydroxylation is 3. The molecular weight excluding hydrogens is 286 g/mol. The number of benzene rings is 2. The highest BCUT2D eigenvalue weighted by molar-refractivity contribution is 6.04. The third-order valence-electron chi connectivity index (χ3n) is 3.59. The van der Waals surface area contributed by atoms with Crippen molar-refractivity contribution in [1.29, 1.82) is 0 Å². The van der Waals surface area contributed by atoms with Crippen LogP contribution >= 0.6 is 0 Å². The molecule has 0 atom stereocenters. The van der Waals surface area contributed by atoms with E-state index in [1.807, 2.05) is 19.1 Å². The number of nitrogens with one attached hydrogen (secondary N) is 1. The summed E-state index contributed by atoms with van der Waals surface area (Å²) in [4.78, 5) is 12.2. The molecule has 0 aliphatic heterocycles. The molecule has 3 heteroatoms. The molecule has 0 aliphatic carbocycles. The zero-order valence-electron chi connectivity index (χ0n) is 14.1. The molecule has 0 unspecified atom stereocenters. The van der Waals surface area contributed by atoms with Gasteiger partial charge in [0.1, 0.15) is 5.75 Å². The van der Waals surface area contributed by atoms with Crippen molar-refractivity contribution in [3.05, 3.63) is 70.9 Å². The van der Waals surface area contributed by atoms with Crippen LogP contribution in [0.4, 0.5) is 5.69 Å². The second-order valence-corrected chi connectivity index (χ2v) is 5.57. The summed E-state index contributed by atoms with van der Waals surface area (Å²) in [6.45, 7) is 8.75. The first kappa shape index (κ1) is 16.8. The van der Waals surface area contributed by atoms with E-state index in [0.29, 0.717) is 12.2 Å². The van der Waals surface area contributed by atoms with Crippen molar-refractivity contribution < 1.29 is 9.53 Å². The SMILES string of the molecule is CCOc1ccc(C(=O)C=CNc2c(C)cc(C)cc2C)cc1. The van der Waals surface area contributed by atoms with E-state index < -0.39 is 0 Å². The summed E-state index contributed by atoms with van der Waals surface area (Å²) >= 11 is 0. The fourth-order valence-corrected chi connectivity index (χ4v) is 2.59. The van der Waals surface area contributed by atoms with E-state index in [9.17, 15) is 4.79 Å². The summed E-state index contributed by atoms with van der Waals surface area (Å²) in [6.07, 6.45) is 3.25. The lowest BCUT2D eigenvalue weighted by molar-refractivity contribution is 0.104. The first-order valence-electron chi connectivity index (χ1n) is 7.79. The van der Waals surface area contributed by atoms with Crippen LogP contribution in [0.1, 0.15) is 34.0 Å². The van der Waals surface area contributed by atoms with Crippen LogP contribution in [0.15, 0.2) is 48.7 Å². The van der Waals surface area contributed by atoms with Crippen molar-refractivity contribution in [2.45, 2.75) is 27.7 Å². The lowest BCUT2D eigenvalue weighted by atomic mass is 10.1. The Morgan fingerprint density at radius 3 is 2.26 bits per heavy atom. The third kappa shape index (κ3) is 4.46. The standard InChI is InChI=1S/C20H23NO2/c1-5-23-18-8-6-17(7-9-18)19(22)10-11-21-20-15(3)12-14(2)13-16(20)4/h6-13,21H,5H2,1-4H3. The number of ketones is 1. The van der Waals surface area contributed by atoms with Gasteiger partial charge in [0.15, 0.2) is 5.78 Å². The van der Waals surface area contributed by atoms with Crippen molar-refractivity contribution in [3.63, 3.8) is 0 Å². The molecule has 0 radical (unpaired) electrons. The Bertz CT molecular complexity index is 692. The molecule has 0 heterocycles. The number of rotatable bonds is 6. The van der Waals surface area contributed by atoms with Crippen LogP contribution in [0.5, 0.6) is 5.75 Å². The van der Waals surface area contributed by atoms with Gasteiger partial charge in [-0.15, -0.1) is 0 Å². The molecule has 0 saturated heterocycles. The molecular formula is C20H23NO2. The minimum Gasteiger partial charge on any atom is -0.494 e. The molecule has 0 fully saturated rings. The summed E-state index contributed by atoms with van der Waals surface area (Å²) in [5, 5.41) is 3.21. The molecule has 0 saturated carbocycles. The van der Waals surface area contributed by atoms with Crippen LogP contribution in [-0.4, -0.2) is 12.4 Å². The van der Waals surface area contributed by atoms with Crippen molar-refractivity contribution >= 4 is 11.5 Å². The number of allylic oxidation sites excluding steroid dienone is 1. The minimum atomic E-state index is -0.0389. The van der Waals surface area contributed by atoms with Crippen molar-refractivity contribution in [2.75, 3.05) is 11.9 Å². The molecule has 0 amide bonds. The van der Waals surface area contributed by atoms with Gasteiger partial charge in [-0.1, -0.05) is 17.7 Å². The van der Waals surface area contributed by atoms with E-state index >= 15 is 0 Å². The number of ether oxygens (including phenoxy) is 1. The zero-order chi connectivity index (χ0) is 16.8. The van der Waals surface area contributed by atoms with Gasteiger partial charge in [-0.3, -0.25) is 4.79 Å². The fraction of sp³-hybridized carbons (Fsp3) is 0.250. The third-order valence-corrected chi connectivity index (χ3v) is 3.59. The van der Waals surface area contributed by atoms with Gasteiger partial charge in [0.2, 0.25) is 0 Å². The fourth-order valence-electron chi connectivity index (χ4n) is 2.59. The molecule has 3 nitrogen and oxygen atoms in total. The van der Waals surface area contributed by atoms with E-state index in [4.69, 9.17) is 4.74 Å². The van der Waals surface area contributed by atoms with Gasteiger partial charge >= 0.3 is 0 Å². The predicted molar refractivity (Wildman–Crippen MR) is 95.4 cm³/mol. The minimum absolute atomic E-state index is 0.0389. The molecule has 2 aromatic carbocycles. The van der Waals surface area contributed by atoms with Crippen LogP contribution in [-0.2, 0) is 0 Å². The van der Waals surface area contributed by atoms with Crippen LogP contribution in [0.25, 0.3) is 0 Å². The predicted octanol–water partition coefficient (Wildman–Crippen LogP) is 4.82. The Morgan fingerprint density at radius 1 is 1.09 bits per heavy atom. The van der Waals surface area contributed by atoms with Crippen LogP contribution in [0, 0.1) is 20.8 Å². The quantitative estimate of drug-likeness (QED) is 0.614. The molecule has 23 heavy (non-hydrogen) atoms. The molecule has 2 rings (SSSR count). The second kappa shape index (κ2) is 7.63. The van der Waals surface area contributed by atoms with Crippen molar-refractivity contribution in [2.24, 2.45) is 0 Å². The first-order chi connectivity index (χ1) is 11.0. The van der Waals surface area contributed by atoms with Gasteiger partial charge in [-0.05, 0) is 63.1 Å². The van der Waals surface area contributed by atoms with E-state index in [1.165, 1.54) is 16.7 Å². The Kier molecular flexibility index (Phi) is 5.58. The Morgan fingerprint density at radius 2 is 1.70 bits per heavy atom. The molecule has 0 aliphatic rings. The second-order valence-electron chi connectivity index (χ2n) is 5.57. The average Bonchev–Trinajstić information content (AvgIpc) is 2.50. The zero-order valence-corrected chi connectivity index (χ0v) is 14.1. The summed E-state index contributed by atoms with van der Waals surface area (Å²) in [7, 11) is 0. The van der Waals surface area contributed by atoms with Crippen molar-refractivity contribution in [1.82, 2.24) is 0 Å². The molecule has 0 bridgehead atoms. The Hall–Kier alpha value is -2.55. The van der Waals surface area contributed by atoms with Crippen molar-refractivity contribution in [3.8, 4) is 5.75 Å². The number of anilines is 1. The first-order valence-corrected chi connectivity index (χ1v) is 7.79. The lowest BCUT2D eigenvalue weighted by Gasteiger charge is -2.10. The summed E-state index contributed by atoms with van der Waals surface area (Å²) in [6, 6.07) is 11.4. The molecule has 2 aromatic rings. The van der Waals surface area contributed by atoms with Crippen LogP contribution in [0.3, 0.4) is 0 Å². The van der Waals surface area contributed by atoms with Gasteiger partial charge in [-0.2, -0.15) is 0 Å². The normalized spacial score (nSPS) is 10.8. The van der Waals surface area contributed by atoms with E-state index in [0.717, 1.165) is 11.4 Å². The maximum atomic E-state index is 12.2. The Balaban J connectivity index is 2.04. The van der Waals surface area contributed by atoms with E-state index in [2.05, 4.69) is 38.2 Å². The molecule has 0 aromatic heterocycles. The van der Waals surface area contributed by atoms with Gasteiger partial charge in [0.25, 0.3) is 0 Å². The lowest BCUT2D eigenvalue weighted by Crippen LogP contribution is -1.99. The average molecular weight is 309 g/mol. The van der Waals surface area contributed by atoms with Gasteiger partial charge < -0.3 is 10.1 Å². The monoisotopic (exact) mass is 309 g/mol. The van der Waals surface area contributed by atoms with E-state index in [-0.39, 0.29) is 5.78 Å². The van der Waals surface area contributed by atoms with Gasteiger partial charge in [0, 0.05) is 23.5 Å². The maximum absolute atomic E-state index is 12.2. The van der Waals surface area contributed by atoms with Gasteiger partial charge in [0.05, 0.1) is 6.61 Å². The van der Waals surface area contributed by atoms with E-state index in [1.54, 1.807) is 24.4 Å². The molecule has 0 spiro atoms. The highest BCUT2D eigenvalue weighted by atomic mass is 16.5. The largest absolute Gasteiger partial charge is 0.494 e. The smallest absolute Gasteiger partial charge is 0.187 e. The summed E-state index contributed by atoms with van der Waals surface area (Å²) < 4.78 is 5.37. The summed E-state index contributed by atoms with van der Waals surface area (Å²) in [5.74, 6) is 0.736. The number of hydrogen-bond donors (Lipinski definition) is 1. The Labute approximate surface area is 138 Å². The number of carbonyl (C=O) groups is 1. The highest BCUT2D eigenvalue weighted by Gasteiger charge is 2.04. The topological polar surface area (TPSA) is 38.3 Å². The van der Waals surface area contributed by atoms with Crippen LogP contribution < -0.4 is 10.1 Å². The number of hydrogen-bond acceptors (Lipinski definition) is 3. The van der Waals surface area contributed by atoms with Crippen LogP contribution in [0.2, 0.25) is 0 Å². The molecule has 120 valence electrons. The number of carbonyl (C=O) groups excluding carboxylic acids is 1. The highest BCUT2D eigenvalue weighted by Crippen LogP contribution is 2.21. The maximum Gasteiger partial charge on any atom is 0.187 e.